The van der Waals surface area contributed by atoms with Crippen LogP contribution in [0, 0.1) is 6.92 Å². The molecule has 2 aromatic carbocycles. The fraction of sp³-hybridized carbons (Fsp3) is 0.333. The van der Waals surface area contributed by atoms with Crippen LogP contribution in [-0.2, 0) is 0 Å². The van der Waals surface area contributed by atoms with Crippen LogP contribution in [0.5, 0.6) is 5.75 Å². The number of anilines is 1. The normalized spacial score (nSPS) is 15.8. The average Bonchev–Trinajstić information content (AvgIpc) is 2.56. The van der Waals surface area contributed by atoms with E-state index in [1.807, 2.05) is 0 Å². The van der Waals surface area contributed by atoms with Crippen molar-refractivity contribution in [2.75, 3.05) is 38.1 Å². The Morgan fingerprint density at radius 1 is 0.864 bits per heavy atom. The molecule has 0 amide bonds. The van der Waals surface area contributed by atoms with Crippen molar-refractivity contribution in [2.24, 2.45) is 0 Å². The lowest BCUT2D eigenvalue weighted by Gasteiger charge is -2.34. The van der Waals surface area contributed by atoms with E-state index >= 15 is 0 Å². The summed E-state index contributed by atoms with van der Waals surface area (Å²) in [4.78, 5) is 5.91. The minimum atomic E-state index is 0.892. The Hall–Kier alpha value is -1.65. The second-order valence-corrected chi connectivity index (χ2v) is 6.57. The molecule has 1 fully saturated rings. The van der Waals surface area contributed by atoms with Crippen molar-refractivity contribution in [3.63, 3.8) is 0 Å². The smallest absolute Gasteiger partial charge is 0.138 e. The molecule has 0 radical (unpaired) electrons. The third kappa shape index (κ3) is 3.96. The Morgan fingerprint density at radius 2 is 1.50 bits per heavy atom. The van der Waals surface area contributed by atoms with E-state index in [0.29, 0.717) is 0 Å². The van der Waals surface area contributed by atoms with Crippen LogP contribution in [0.25, 0.3) is 0 Å². The third-order valence-electron chi connectivity index (χ3n) is 3.96. The van der Waals surface area contributed by atoms with Crippen LogP contribution in [-0.4, -0.2) is 38.1 Å². The maximum Gasteiger partial charge on any atom is 0.138 e. The van der Waals surface area contributed by atoms with Crippen LogP contribution < -0.4 is 9.08 Å². The van der Waals surface area contributed by atoms with Gasteiger partial charge in [0, 0.05) is 36.8 Å². The van der Waals surface area contributed by atoms with E-state index in [1.165, 1.54) is 23.3 Å². The molecule has 0 aromatic heterocycles. The van der Waals surface area contributed by atoms with E-state index in [0.717, 1.165) is 36.8 Å². The molecule has 0 N–H and O–H groups in total. The quantitative estimate of drug-likeness (QED) is 0.797. The van der Waals surface area contributed by atoms with Gasteiger partial charge in [0.1, 0.15) is 5.75 Å². The van der Waals surface area contributed by atoms with Gasteiger partial charge < -0.3 is 14.0 Å². The summed E-state index contributed by atoms with van der Waals surface area (Å²) in [6, 6.07) is 16.8. The second-order valence-electron chi connectivity index (χ2n) is 5.76. The Bertz CT molecular complexity index is 589. The van der Waals surface area contributed by atoms with Gasteiger partial charge in [0.2, 0.25) is 0 Å². The predicted molar refractivity (Wildman–Crippen MR) is 93.8 cm³/mol. The van der Waals surface area contributed by atoms with Crippen LogP contribution in [0.15, 0.2) is 53.4 Å². The van der Waals surface area contributed by atoms with Crippen LogP contribution in [0.1, 0.15) is 5.56 Å². The highest BCUT2D eigenvalue weighted by Gasteiger charge is 2.14. The first-order chi connectivity index (χ1) is 10.7. The standard InChI is InChI=1S/C18H22N2OS/c1-15-3-9-18(10-4-15)22-21-17-7-5-16(6-8-17)20-13-11-19(2)12-14-20/h3-10H,11-14H2,1-2H3. The van der Waals surface area contributed by atoms with Gasteiger partial charge in [-0.1, -0.05) is 17.7 Å². The SMILES string of the molecule is Cc1ccc(SOc2ccc(N3CCN(C)CC3)cc2)cc1. The van der Waals surface area contributed by atoms with Crippen molar-refractivity contribution >= 4 is 17.7 Å². The number of piperazine rings is 1. The lowest BCUT2D eigenvalue weighted by atomic mass is 10.2. The van der Waals surface area contributed by atoms with E-state index in [-0.39, 0.29) is 0 Å². The number of benzene rings is 2. The Balaban J connectivity index is 1.56. The molecule has 1 aliphatic heterocycles. The summed E-state index contributed by atoms with van der Waals surface area (Å²) in [6.45, 7) is 6.53. The molecule has 1 heterocycles. The number of hydrogen-bond acceptors (Lipinski definition) is 4. The molecule has 1 saturated heterocycles. The fourth-order valence-corrected chi connectivity index (χ4v) is 3.02. The average molecular weight is 314 g/mol. The predicted octanol–water partition coefficient (Wildman–Crippen LogP) is 3.83. The summed E-state index contributed by atoms with van der Waals surface area (Å²) in [5, 5.41) is 0. The number of hydrogen-bond donors (Lipinski definition) is 0. The highest BCUT2D eigenvalue weighted by molar-refractivity contribution is 7.95. The molecule has 0 unspecified atom stereocenters. The van der Waals surface area contributed by atoms with Gasteiger partial charge in [-0.3, -0.25) is 0 Å². The first-order valence-electron chi connectivity index (χ1n) is 7.65. The van der Waals surface area contributed by atoms with Crippen LogP contribution in [0.3, 0.4) is 0 Å². The molecule has 0 atom stereocenters. The molecule has 2 aromatic rings. The van der Waals surface area contributed by atoms with Gasteiger partial charge in [0.25, 0.3) is 0 Å². The van der Waals surface area contributed by atoms with Crippen molar-refractivity contribution in [2.45, 2.75) is 11.8 Å². The Kier molecular flexibility index (Phi) is 4.90. The van der Waals surface area contributed by atoms with Gasteiger partial charge in [-0.25, -0.2) is 0 Å². The zero-order chi connectivity index (χ0) is 15.4. The summed E-state index contributed by atoms with van der Waals surface area (Å²) in [6.07, 6.45) is 0. The van der Waals surface area contributed by atoms with Crippen molar-refractivity contribution in [1.29, 1.82) is 0 Å². The monoisotopic (exact) mass is 314 g/mol. The largest absolute Gasteiger partial charge is 0.421 e. The summed E-state index contributed by atoms with van der Waals surface area (Å²) in [7, 11) is 2.18. The number of nitrogens with zero attached hydrogens (tertiary/aromatic N) is 2. The molecule has 1 aliphatic rings. The van der Waals surface area contributed by atoms with Crippen LogP contribution in [0.4, 0.5) is 5.69 Å². The molecular formula is C18H22N2OS. The highest BCUT2D eigenvalue weighted by Crippen LogP contribution is 2.26. The summed E-state index contributed by atoms with van der Waals surface area (Å²) in [5.41, 5.74) is 2.54. The van der Waals surface area contributed by atoms with Crippen LogP contribution in [0.2, 0.25) is 0 Å². The van der Waals surface area contributed by atoms with E-state index in [9.17, 15) is 0 Å². The van der Waals surface area contributed by atoms with E-state index in [2.05, 4.69) is 72.3 Å². The zero-order valence-corrected chi connectivity index (χ0v) is 14.0. The van der Waals surface area contributed by atoms with Gasteiger partial charge in [0.05, 0.1) is 12.0 Å². The third-order valence-corrected chi connectivity index (χ3v) is 4.70. The van der Waals surface area contributed by atoms with Crippen molar-refractivity contribution in [3.8, 4) is 5.75 Å². The number of rotatable bonds is 4. The second kappa shape index (κ2) is 7.07. The number of likely N-dealkylation sites (N-methyl/N-ethyl adjacent to an activating group) is 1. The van der Waals surface area contributed by atoms with Gasteiger partial charge in [-0.2, -0.15) is 0 Å². The molecular weight excluding hydrogens is 292 g/mol. The highest BCUT2D eigenvalue weighted by atomic mass is 32.2. The lowest BCUT2D eigenvalue weighted by Crippen LogP contribution is -2.44. The molecule has 0 saturated carbocycles. The van der Waals surface area contributed by atoms with E-state index < -0.39 is 0 Å². The van der Waals surface area contributed by atoms with E-state index in [4.69, 9.17) is 4.18 Å². The summed E-state index contributed by atoms with van der Waals surface area (Å²) in [5.74, 6) is 0.892. The molecule has 116 valence electrons. The topological polar surface area (TPSA) is 15.7 Å². The van der Waals surface area contributed by atoms with Gasteiger partial charge in [0.15, 0.2) is 0 Å². The minimum absolute atomic E-state index is 0.892. The summed E-state index contributed by atoms with van der Waals surface area (Å²) >= 11 is 1.40. The van der Waals surface area contributed by atoms with Crippen molar-refractivity contribution < 1.29 is 4.18 Å². The Labute approximate surface area is 137 Å². The summed E-state index contributed by atoms with van der Waals surface area (Å²) < 4.78 is 5.78. The molecule has 4 heteroatoms. The molecule has 22 heavy (non-hydrogen) atoms. The van der Waals surface area contributed by atoms with Gasteiger partial charge >= 0.3 is 0 Å². The molecule has 3 nitrogen and oxygen atoms in total. The molecule has 0 spiro atoms. The fourth-order valence-electron chi connectivity index (χ4n) is 2.47. The zero-order valence-electron chi connectivity index (χ0n) is 13.2. The number of aryl methyl sites for hydroxylation is 1. The molecule has 3 rings (SSSR count). The van der Waals surface area contributed by atoms with E-state index in [1.54, 1.807) is 0 Å². The van der Waals surface area contributed by atoms with Gasteiger partial charge in [-0.05, 0) is 50.4 Å². The lowest BCUT2D eigenvalue weighted by molar-refractivity contribution is 0.313. The molecule has 0 aliphatic carbocycles. The Morgan fingerprint density at radius 3 is 2.14 bits per heavy atom. The van der Waals surface area contributed by atoms with Crippen molar-refractivity contribution in [3.05, 3.63) is 54.1 Å². The molecule has 0 bridgehead atoms. The maximum atomic E-state index is 5.78. The van der Waals surface area contributed by atoms with Crippen molar-refractivity contribution in [1.82, 2.24) is 4.90 Å². The van der Waals surface area contributed by atoms with Gasteiger partial charge in [-0.15, -0.1) is 0 Å². The maximum absolute atomic E-state index is 5.78. The first kappa shape index (κ1) is 15.3. The van der Waals surface area contributed by atoms with Crippen LogP contribution >= 0.6 is 12.0 Å². The first-order valence-corrected chi connectivity index (χ1v) is 8.39. The minimum Gasteiger partial charge on any atom is -0.421 e.